The van der Waals surface area contributed by atoms with E-state index in [1.807, 2.05) is 85.1 Å². The van der Waals surface area contributed by atoms with Crippen LogP contribution in [0, 0.1) is 0 Å². The van der Waals surface area contributed by atoms with Crippen molar-refractivity contribution in [2.24, 2.45) is 0 Å². The number of para-hydroxylation sites is 1. The summed E-state index contributed by atoms with van der Waals surface area (Å²) in [6.07, 6.45) is 1.87. The van der Waals surface area contributed by atoms with Gasteiger partial charge < -0.3 is 10.2 Å². The number of benzene rings is 4. The van der Waals surface area contributed by atoms with Crippen molar-refractivity contribution in [3.05, 3.63) is 115 Å². The van der Waals surface area contributed by atoms with Crippen LogP contribution in [0.1, 0.15) is 5.56 Å². The minimum Gasteiger partial charge on any atom is -0.323 e. The van der Waals surface area contributed by atoms with Crippen molar-refractivity contribution >= 4 is 22.5 Å². The molecule has 5 rings (SSSR count). The summed E-state index contributed by atoms with van der Waals surface area (Å²) < 4.78 is 1.80. The summed E-state index contributed by atoms with van der Waals surface area (Å²) in [6.45, 7) is 0.519. The first kappa shape index (κ1) is 20.5. The Bertz CT molecular complexity index is 1390. The molecule has 1 heterocycles. The van der Waals surface area contributed by atoms with Crippen LogP contribution in [0.4, 0.5) is 10.5 Å². The molecule has 0 atom stereocenters. The molecule has 0 fully saturated rings. The fourth-order valence-corrected chi connectivity index (χ4v) is 3.87. The molecule has 2 amide bonds. The number of rotatable bonds is 5. The van der Waals surface area contributed by atoms with E-state index >= 15 is 0 Å². The highest BCUT2D eigenvalue weighted by Gasteiger charge is 2.17. The Hall–Kier alpha value is -4.38. The van der Waals surface area contributed by atoms with Crippen LogP contribution in [0.15, 0.2) is 109 Å². The third-order valence-electron chi connectivity index (χ3n) is 5.61. The Kier molecular flexibility index (Phi) is 5.60. The van der Waals surface area contributed by atoms with Crippen molar-refractivity contribution in [3.8, 4) is 16.9 Å². The van der Waals surface area contributed by atoms with Gasteiger partial charge in [0.25, 0.3) is 0 Å². The first-order valence-corrected chi connectivity index (χ1v) is 10.9. The monoisotopic (exact) mass is 432 g/mol. The molecule has 0 spiro atoms. The van der Waals surface area contributed by atoms with Crippen molar-refractivity contribution in [2.75, 3.05) is 12.4 Å². The summed E-state index contributed by atoms with van der Waals surface area (Å²) in [4.78, 5) is 14.7. The van der Waals surface area contributed by atoms with Crippen LogP contribution in [-0.4, -0.2) is 27.8 Å². The third-order valence-corrected chi connectivity index (χ3v) is 5.61. The Labute approximate surface area is 192 Å². The highest BCUT2D eigenvalue weighted by molar-refractivity contribution is 5.95. The van der Waals surface area contributed by atoms with Crippen LogP contribution in [0.2, 0.25) is 0 Å². The van der Waals surface area contributed by atoms with Crippen LogP contribution in [-0.2, 0) is 6.54 Å². The number of urea groups is 1. The van der Waals surface area contributed by atoms with Gasteiger partial charge in [-0.2, -0.15) is 5.10 Å². The van der Waals surface area contributed by atoms with Gasteiger partial charge in [0.2, 0.25) is 0 Å². The van der Waals surface area contributed by atoms with Gasteiger partial charge in [0.1, 0.15) is 5.69 Å². The minimum atomic E-state index is -0.187. The number of carbonyl (C=O) groups is 1. The fourth-order valence-electron chi connectivity index (χ4n) is 3.87. The van der Waals surface area contributed by atoms with Crippen molar-refractivity contribution < 1.29 is 4.79 Å². The molecule has 0 saturated carbocycles. The Balaban J connectivity index is 1.49. The number of anilines is 1. The molecule has 0 aliphatic heterocycles. The summed E-state index contributed by atoms with van der Waals surface area (Å²) in [5.74, 6) is 0. The van der Waals surface area contributed by atoms with E-state index in [9.17, 15) is 4.79 Å². The van der Waals surface area contributed by atoms with Gasteiger partial charge in [0.05, 0.1) is 17.6 Å². The molecule has 5 heteroatoms. The van der Waals surface area contributed by atoms with E-state index in [1.165, 1.54) is 0 Å². The van der Waals surface area contributed by atoms with E-state index in [1.54, 1.807) is 16.6 Å². The van der Waals surface area contributed by atoms with Crippen LogP contribution >= 0.6 is 0 Å². The van der Waals surface area contributed by atoms with E-state index in [0.29, 0.717) is 12.2 Å². The molecule has 0 bridgehead atoms. The van der Waals surface area contributed by atoms with Gasteiger partial charge in [-0.15, -0.1) is 0 Å². The van der Waals surface area contributed by atoms with Crippen molar-refractivity contribution in [3.63, 3.8) is 0 Å². The molecule has 33 heavy (non-hydrogen) atoms. The largest absolute Gasteiger partial charge is 0.323 e. The molecular formula is C28H24N4O. The number of hydrogen-bond acceptors (Lipinski definition) is 2. The summed E-state index contributed by atoms with van der Waals surface area (Å²) >= 11 is 0. The molecule has 0 radical (unpaired) electrons. The molecule has 0 saturated heterocycles. The minimum absolute atomic E-state index is 0.187. The lowest BCUT2D eigenvalue weighted by atomic mass is 10.0. The lowest BCUT2D eigenvalue weighted by Gasteiger charge is -2.18. The number of amides is 2. The molecule has 5 nitrogen and oxygen atoms in total. The standard InChI is InChI=1S/C28H24N4O/c1-31(19-21-10-4-2-5-11-21)28(33)29-26-20-32(25-14-6-3-7-15-25)30-27(26)24-17-16-22-12-8-9-13-23(22)18-24/h2-18,20H,19H2,1H3,(H,29,33). The first-order valence-electron chi connectivity index (χ1n) is 10.9. The molecule has 0 aliphatic carbocycles. The summed E-state index contributed by atoms with van der Waals surface area (Å²) in [5.41, 5.74) is 4.34. The normalized spacial score (nSPS) is 10.8. The maximum Gasteiger partial charge on any atom is 0.321 e. The molecule has 162 valence electrons. The second kappa shape index (κ2) is 9.01. The lowest BCUT2D eigenvalue weighted by Crippen LogP contribution is -2.30. The molecule has 4 aromatic carbocycles. The zero-order valence-corrected chi connectivity index (χ0v) is 18.3. The topological polar surface area (TPSA) is 50.2 Å². The zero-order chi connectivity index (χ0) is 22.6. The van der Waals surface area contributed by atoms with Gasteiger partial charge in [0, 0.05) is 19.2 Å². The lowest BCUT2D eigenvalue weighted by molar-refractivity contribution is 0.220. The maximum absolute atomic E-state index is 13.0. The van der Waals surface area contributed by atoms with Crippen molar-refractivity contribution in [1.82, 2.24) is 14.7 Å². The quantitative estimate of drug-likeness (QED) is 0.351. The molecule has 0 aliphatic rings. The van der Waals surface area contributed by atoms with Crippen LogP contribution in [0.5, 0.6) is 0 Å². The number of aromatic nitrogens is 2. The van der Waals surface area contributed by atoms with Crippen LogP contribution < -0.4 is 5.32 Å². The Morgan fingerprint density at radius 3 is 2.27 bits per heavy atom. The predicted molar refractivity (Wildman–Crippen MR) is 133 cm³/mol. The number of nitrogens with zero attached hydrogens (tertiary/aromatic N) is 3. The number of carbonyl (C=O) groups excluding carboxylic acids is 1. The van der Waals surface area contributed by atoms with Gasteiger partial charge in [-0.3, -0.25) is 0 Å². The average Bonchev–Trinajstić information content (AvgIpc) is 3.28. The molecule has 1 aromatic heterocycles. The Morgan fingerprint density at radius 2 is 1.52 bits per heavy atom. The fraction of sp³-hybridized carbons (Fsp3) is 0.0714. The number of nitrogens with one attached hydrogen (secondary N) is 1. The van der Waals surface area contributed by atoms with E-state index in [-0.39, 0.29) is 6.03 Å². The predicted octanol–water partition coefficient (Wildman–Crippen LogP) is 6.36. The van der Waals surface area contributed by atoms with E-state index in [0.717, 1.165) is 33.3 Å². The molecule has 1 N–H and O–H groups in total. The zero-order valence-electron chi connectivity index (χ0n) is 18.3. The van der Waals surface area contributed by atoms with Gasteiger partial charge in [-0.1, -0.05) is 84.9 Å². The van der Waals surface area contributed by atoms with E-state index < -0.39 is 0 Å². The number of fused-ring (bicyclic) bond motifs is 1. The molecule has 5 aromatic rings. The third kappa shape index (κ3) is 4.48. The van der Waals surface area contributed by atoms with Gasteiger partial charge in [-0.05, 0) is 34.5 Å². The van der Waals surface area contributed by atoms with Crippen molar-refractivity contribution in [1.29, 1.82) is 0 Å². The average molecular weight is 433 g/mol. The smallest absolute Gasteiger partial charge is 0.321 e. The number of hydrogen-bond donors (Lipinski definition) is 1. The van der Waals surface area contributed by atoms with E-state index in [4.69, 9.17) is 5.10 Å². The molecular weight excluding hydrogens is 408 g/mol. The summed E-state index contributed by atoms with van der Waals surface area (Å²) in [5, 5.41) is 10.2. The van der Waals surface area contributed by atoms with E-state index in [2.05, 4.69) is 29.6 Å². The van der Waals surface area contributed by atoms with Gasteiger partial charge in [-0.25, -0.2) is 9.48 Å². The SMILES string of the molecule is CN(Cc1ccccc1)C(=O)Nc1cn(-c2ccccc2)nc1-c1ccc2ccccc2c1. The first-order chi connectivity index (χ1) is 16.2. The summed E-state index contributed by atoms with van der Waals surface area (Å²) in [6, 6.07) is 34.1. The molecule has 0 unspecified atom stereocenters. The maximum atomic E-state index is 13.0. The van der Waals surface area contributed by atoms with Gasteiger partial charge in [0.15, 0.2) is 0 Å². The van der Waals surface area contributed by atoms with Crippen molar-refractivity contribution in [2.45, 2.75) is 6.54 Å². The Morgan fingerprint density at radius 1 is 0.848 bits per heavy atom. The van der Waals surface area contributed by atoms with Crippen LogP contribution in [0.25, 0.3) is 27.7 Å². The second-order valence-corrected chi connectivity index (χ2v) is 8.01. The summed E-state index contributed by atoms with van der Waals surface area (Å²) in [7, 11) is 1.79. The van der Waals surface area contributed by atoms with Crippen LogP contribution in [0.3, 0.4) is 0 Å². The highest BCUT2D eigenvalue weighted by Crippen LogP contribution is 2.30. The highest BCUT2D eigenvalue weighted by atomic mass is 16.2. The van der Waals surface area contributed by atoms with Gasteiger partial charge >= 0.3 is 6.03 Å². The second-order valence-electron chi connectivity index (χ2n) is 8.01.